The highest BCUT2D eigenvalue weighted by atomic mass is 32.1. The molecule has 5 nitrogen and oxygen atoms in total. The number of anilines is 1. The van der Waals surface area contributed by atoms with Gasteiger partial charge in [-0.05, 0) is 17.5 Å². The number of thiophene rings is 1. The third-order valence-electron chi connectivity index (χ3n) is 2.42. The second kappa shape index (κ2) is 6.32. The fraction of sp³-hybridized carbons (Fsp3) is 0.333. The summed E-state index contributed by atoms with van der Waals surface area (Å²) in [5, 5.41) is 8.85. The summed E-state index contributed by atoms with van der Waals surface area (Å²) < 4.78 is 6.02. The predicted octanol–water partition coefficient (Wildman–Crippen LogP) is 1.47. The van der Waals surface area contributed by atoms with Crippen molar-refractivity contribution in [3.63, 3.8) is 0 Å². The first kappa shape index (κ1) is 12.8. The van der Waals surface area contributed by atoms with Crippen molar-refractivity contribution in [1.82, 2.24) is 10.3 Å². The van der Waals surface area contributed by atoms with Crippen molar-refractivity contribution >= 4 is 33.1 Å². The highest BCUT2D eigenvalue weighted by molar-refractivity contribution is 7.17. The molecule has 18 heavy (non-hydrogen) atoms. The average Bonchev–Trinajstić information content (AvgIpc) is 2.85. The zero-order chi connectivity index (χ0) is 12.8. The van der Waals surface area contributed by atoms with E-state index in [9.17, 15) is 4.79 Å². The molecular weight excluding hydrogens is 250 g/mol. The molecule has 2 heterocycles. The van der Waals surface area contributed by atoms with Crippen LogP contribution in [-0.2, 0) is 9.53 Å². The van der Waals surface area contributed by atoms with Crippen LogP contribution in [0.4, 0.5) is 5.82 Å². The lowest BCUT2D eigenvalue weighted by Gasteiger charge is -2.07. The number of nitrogens with one attached hydrogen (secondary N) is 2. The summed E-state index contributed by atoms with van der Waals surface area (Å²) in [6.07, 6.45) is 1.74. The molecule has 0 atom stereocenters. The van der Waals surface area contributed by atoms with Gasteiger partial charge in [0.1, 0.15) is 5.82 Å². The van der Waals surface area contributed by atoms with Gasteiger partial charge in [-0.2, -0.15) is 0 Å². The van der Waals surface area contributed by atoms with Crippen LogP contribution in [0.15, 0.2) is 23.7 Å². The van der Waals surface area contributed by atoms with Gasteiger partial charge in [0, 0.05) is 29.9 Å². The van der Waals surface area contributed by atoms with Gasteiger partial charge in [0.25, 0.3) is 0 Å². The van der Waals surface area contributed by atoms with Crippen LogP contribution >= 0.6 is 11.3 Å². The number of rotatable bonds is 6. The minimum absolute atomic E-state index is 0.0684. The molecule has 96 valence electrons. The minimum Gasteiger partial charge on any atom is -0.383 e. The van der Waals surface area contributed by atoms with Gasteiger partial charge in [-0.1, -0.05) is 0 Å². The summed E-state index contributed by atoms with van der Waals surface area (Å²) in [7, 11) is 1.60. The summed E-state index contributed by atoms with van der Waals surface area (Å²) in [6.45, 7) is 1.25. The fourth-order valence-corrected chi connectivity index (χ4v) is 2.34. The van der Waals surface area contributed by atoms with Gasteiger partial charge in [0.2, 0.25) is 5.91 Å². The summed E-state index contributed by atoms with van der Waals surface area (Å²) in [5.41, 5.74) is 0. The van der Waals surface area contributed by atoms with Crippen molar-refractivity contribution in [2.24, 2.45) is 0 Å². The predicted molar refractivity (Wildman–Crippen MR) is 73.0 cm³/mol. The van der Waals surface area contributed by atoms with Crippen molar-refractivity contribution in [2.45, 2.75) is 0 Å². The summed E-state index contributed by atoms with van der Waals surface area (Å²) in [4.78, 5) is 15.7. The maximum absolute atomic E-state index is 11.5. The standard InChI is InChI=1S/C12H15N3O2S/c1-17-6-5-13-11(16)8-15-12-9-3-7-18-10(9)2-4-14-12/h2-4,7H,5-6,8H2,1H3,(H,13,16)(H,14,15). The highest BCUT2D eigenvalue weighted by Gasteiger charge is 2.05. The second-order valence-corrected chi connectivity index (χ2v) is 4.64. The molecule has 6 heteroatoms. The van der Waals surface area contributed by atoms with Crippen LogP contribution in [0.25, 0.3) is 10.1 Å². The molecule has 2 rings (SSSR count). The number of methoxy groups -OCH3 is 1. The van der Waals surface area contributed by atoms with Crippen LogP contribution < -0.4 is 10.6 Å². The molecule has 0 aliphatic carbocycles. The van der Waals surface area contributed by atoms with E-state index in [0.717, 1.165) is 15.9 Å². The smallest absolute Gasteiger partial charge is 0.239 e. The van der Waals surface area contributed by atoms with Crippen molar-refractivity contribution in [1.29, 1.82) is 0 Å². The van der Waals surface area contributed by atoms with E-state index < -0.39 is 0 Å². The fourth-order valence-electron chi connectivity index (χ4n) is 1.55. The normalized spacial score (nSPS) is 10.5. The van der Waals surface area contributed by atoms with E-state index in [-0.39, 0.29) is 12.5 Å². The molecule has 2 aromatic rings. The molecule has 2 N–H and O–H groups in total. The number of amides is 1. The van der Waals surface area contributed by atoms with Crippen molar-refractivity contribution in [3.8, 4) is 0 Å². The monoisotopic (exact) mass is 265 g/mol. The van der Waals surface area contributed by atoms with Crippen molar-refractivity contribution in [2.75, 3.05) is 32.1 Å². The summed E-state index contributed by atoms with van der Waals surface area (Å²) in [6, 6.07) is 3.96. The number of pyridine rings is 1. The molecule has 0 spiro atoms. The number of hydrogen-bond donors (Lipinski definition) is 2. The number of hydrogen-bond acceptors (Lipinski definition) is 5. The number of carbonyl (C=O) groups is 1. The lowest BCUT2D eigenvalue weighted by Crippen LogP contribution is -2.32. The Balaban J connectivity index is 1.90. The quantitative estimate of drug-likeness (QED) is 0.776. The largest absolute Gasteiger partial charge is 0.383 e. The maximum Gasteiger partial charge on any atom is 0.239 e. The van der Waals surface area contributed by atoms with E-state index >= 15 is 0 Å². The molecule has 0 aliphatic rings. The lowest BCUT2D eigenvalue weighted by atomic mass is 10.3. The Morgan fingerprint density at radius 1 is 1.50 bits per heavy atom. The van der Waals surface area contributed by atoms with E-state index in [0.29, 0.717) is 13.2 Å². The van der Waals surface area contributed by atoms with E-state index in [1.807, 2.05) is 17.5 Å². The van der Waals surface area contributed by atoms with Crippen LogP contribution in [0.3, 0.4) is 0 Å². The van der Waals surface area contributed by atoms with Gasteiger partial charge in [-0.3, -0.25) is 4.79 Å². The van der Waals surface area contributed by atoms with Gasteiger partial charge in [-0.15, -0.1) is 11.3 Å². The first-order valence-electron chi connectivity index (χ1n) is 5.63. The Hall–Kier alpha value is -1.66. The first-order chi connectivity index (χ1) is 8.81. The molecule has 1 amide bonds. The summed E-state index contributed by atoms with van der Waals surface area (Å²) >= 11 is 1.66. The van der Waals surface area contributed by atoms with Gasteiger partial charge in [0.15, 0.2) is 0 Å². The lowest BCUT2D eigenvalue weighted by molar-refractivity contribution is -0.119. The van der Waals surface area contributed by atoms with Crippen LogP contribution in [0.5, 0.6) is 0 Å². The first-order valence-corrected chi connectivity index (χ1v) is 6.51. The van der Waals surface area contributed by atoms with Crippen LogP contribution in [-0.4, -0.2) is 37.7 Å². The van der Waals surface area contributed by atoms with E-state index in [4.69, 9.17) is 4.74 Å². The van der Waals surface area contributed by atoms with Gasteiger partial charge >= 0.3 is 0 Å². The molecular formula is C12H15N3O2S. The Morgan fingerprint density at radius 3 is 3.22 bits per heavy atom. The molecule has 0 aliphatic heterocycles. The van der Waals surface area contributed by atoms with Gasteiger partial charge < -0.3 is 15.4 Å². The molecule has 0 fully saturated rings. The van der Waals surface area contributed by atoms with Crippen molar-refractivity contribution in [3.05, 3.63) is 23.7 Å². The molecule has 0 aromatic carbocycles. The van der Waals surface area contributed by atoms with Gasteiger partial charge in [0.05, 0.1) is 13.2 Å². The van der Waals surface area contributed by atoms with E-state index in [2.05, 4.69) is 15.6 Å². The van der Waals surface area contributed by atoms with E-state index in [1.165, 1.54) is 0 Å². The van der Waals surface area contributed by atoms with Crippen molar-refractivity contribution < 1.29 is 9.53 Å². The zero-order valence-corrected chi connectivity index (χ0v) is 10.9. The number of nitrogens with zero attached hydrogens (tertiary/aromatic N) is 1. The third-order valence-corrected chi connectivity index (χ3v) is 3.31. The number of ether oxygens (including phenoxy) is 1. The highest BCUT2D eigenvalue weighted by Crippen LogP contribution is 2.25. The second-order valence-electron chi connectivity index (χ2n) is 3.69. The zero-order valence-electron chi connectivity index (χ0n) is 10.1. The number of aromatic nitrogens is 1. The van der Waals surface area contributed by atoms with Gasteiger partial charge in [-0.25, -0.2) is 4.98 Å². The molecule has 0 bridgehead atoms. The Morgan fingerprint density at radius 2 is 2.39 bits per heavy atom. The van der Waals surface area contributed by atoms with E-state index in [1.54, 1.807) is 24.6 Å². The number of fused-ring (bicyclic) bond motifs is 1. The molecule has 0 saturated carbocycles. The Bertz CT molecular complexity index is 527. The molecule has 0 radical (unpaired) electrons. The van der Waals surface area contributed by atoms with Crippen LogP contribution in [0.2, 0.25) is 0 Å². The Labute approximate surface area is 109 Å². The van der Waals surface area contributed by atoms with Crippen LogP contribution in [0, 0.1) is 0 Å². The molecule has 0 unspecified atom stereocenters. The Kier molecular flexibility index (Phi) is 4.49. The maximum atomic E-state index is 11.5. The topological polar surface area (TPSA) is 63.2 Å². The number of carbonyl (C=O) groups excluding carboxylic acids is 1. The molecule has 2 aromatic heterocycles. The third kappa shape index (κ3) is 3.18. The SMILES string of the molecule is COCCNC(=O)CNc1nccc2sccc12. The minimum atomic E-state index is -0.0684. The molecule has 0 saturated heterocycles. The average molecular weight is 265 g/mol. The van der Waals surface area contributed by atoms with Crippen LogP contribution in [0.1, 0.15) is 0 Å². The summed E-state index contributed by atoms with van der Waals surface area (Å²) in [5.74, 6) is 0.678.